The summed E-state index contributed by atoms with van der Waals surface area (Å²) in [4.78, 5) is 17.7. The van der Waals surface area contributed by atoms with Crippen LogP contribution in [0.25, 0.3) is 0 Å². The number of nitrogens with zero attached hydrogens (tertiary/aromatic N) is 2. The third-order valence-corrected chi connectivity index (χ3v) is 7.58. The Morgan fingerprint density at radius 2 is 1.52 bits per heavy atom. The van der Waals surface area contributed by atoms with Crippen molar-refractivity contribution in [1.29, 1.82) is 0 Å². The van der Waals surface area contributed by atoms with E-state index in [0.29, 0.717) is 23.7 Å². The van der Waals surface area contributed by atoms with Crippen LogP contribution in [-0.4, -0.2) is 62.0 Å². The third kappa shape index (κ3) is 4.21. The first-order valence-corrected chi connectivity index (χ1v) is 10.9. The van der Waals surface area contributed by atoms with Crippen molar-refractivity contribution in [3.05, 3.63) is 0 Å². The van der Waals surface area contributed by atoms with E-state index >= 15 is 0 Å². The molecule has 4 aliphatic carbocycles. The van der Waals surface area contributed by atoms with E-state index in [4.69, 9.17) is 0 Å². The van der Waals surface area contributed by atoms with Gasteiger partial charge in [-0.05, 0) is 82.2 Å². The van der Waals surface area contributed by atoms with E-state index in [1.165, 1.54) is 77.7 Å². The van der Waals surface area contributed by atoms with Crippen LogP contribution < -0.4 is 5.32 Å². The summed E-state index contributed by atoms with van der Waals surface area (Å²) in [6.07, 6.45) is 10.5. The van der Waals surface area contributed by atoms with E-state index in [1.54, 1.807) is 0 Å². The highest BCUT2D eigenvalue weighted by atomic mass is 16.1. The van der Waals surface area contributed by atoms with Gasteiger partial charge in [0.1, 0.15) is 0 Å². The van der Waals surface area contributed by atoms with Crippen LogP contribution in [0, 0.1) is 29.6 Å². The molecule has 1 heterocycles. The third-order valence-electron chi connectivity index (χ3n) is 7.58. The number of unbranched alkanes of at least 4 members (excludes halogenated alkanes) is 2. The van der Waals surface area contributed by atoms with E-state index < -0.39 is 0 Å². The Balaban J connectivity index is 1.10. The highest BCUT2D eigenvalue weighted by Crippen LogP contribution is 2.56. The second-order valence-corrected chi connectivity index (χ2v) is 9.45. The van der Waals surface area contributed by atoms with E-state index in [2.05, 4.69) is 22.2 Å². The molecule has 1 saturated heterocycles. The van der Waals surface area contributed by atoms with E-state index in [-0.39, 0.29) is 0 Å². The van der Waals surface area contributed by atoms with Gasteiger partial charge >= 0.3 is 0 Å². The molecule has 0 spiro atoms. The normalized spacial score (nSPS) is 38.2. The van der Waals surface area contributed by atoms with E-state index in [1.807, 2.05) is 0 Å². The molecule has 1 aliphatic heterocycles. The van der Waals surface area contributed by atoms with Gasteiger partial charge in [0.15, 0.2) is 0 Å². The van der Waals surface area contributed by atoms with Crippen LogP contribution in [0.2, 0.25) is 0 Å². The summed E-state index contributed by atoms with van der Waals surface area (Å²) < 4.78 is 0. The summed E-state index contributed by atoms with van der Waals surface area (Å²) >= 11 is 0. The number of piperazine rings is 1. The van der Waals surface area contributed by atoms with Gasteiger partial charge in [-0.25, -0.2) is 0 Å². The molecule has 4 heteroatoms. The molecule has 5 aliphatic rings. The number of carbonyl (C=O) groups is 1. The predicted octanol–water partition coefficient (Wildman–Crippen LogP) is 2.59. The molecule has 4 nitrogen and oxygen atoms in total. The Labute approximate surface area is 153 Å². The van der Waals surface area contributed by atoms with Crippen LogP contribution in [0.5, 0.6) is 0 Å². The highest BCUT2D eigenvalue weighted by Gasteiger charge is 2.50. The number of rotatable bonds is 7. The number of amides is 1. The van der Waals surface area contributed by atoms with E-state index in [9.17, 15) is 4.79 Å². The predicted molar refractivity (Wildman–Crippen MR) is 101 cm³/mol. The molecule has 142 valence electrons. The molecular weight excluding hydrogens is 310 g/mol. The van der Waals surface area contributed by atoms with Crippen molar-refractivity contribution in [3.63, 3.8) is 0 Å². The van der Waals surface area contributed by atoms with Crippen molar-refractivity contribution in [3.8, 4) is 0 Å². The molecule has 1 amide bonds. The van der Waals surface area contributed by atoms with Gasteiger partial charge in [0.2, 0.25) is 5.91 Å². The molecule has 0 aromatic heterocycles. The Bertz CT molecular complexity index is 430. The van der Waals surface area contributed by atoms with Gasteiger partial charge in [-0.15, -0.1) is 0 Å². The molecule has 25 heavy (non-hydrogen) atoms. The second kappa shape index (κ2) is 7.96. The number of carbonyl (C=O) groups excluding carboxylic acids is 1. The monoisotopic (exact) mass is 347 g/mol. The maximum Gasteiger partial charge on any atom is 0.223 e. The van der Waals surface area contributed by atoms with Crippen molar-refractivity contribution in [2.24, 2.45) is 29.6 Å². The quantitative estimate of drug-likeness (QED) is 0.719. The summed E-state index contributed by atoms with van der Waals surface area (Å²) in [6, 6.07) is 0. The van der Waals surface area contributed by atoms with Crippen LogP contribution >= 0.6 is 0 Å². The molecule has 5 fully saturated rings. The van der Waals surface area contributed by atoms with Crippen LogP contribution in [0.15, 0.2) is 0 Å². The molecule has 0 radical (unpaired) electrons. The minimum Gasteiger partial charge on any atom is -0.356 e. The van der Waals surface area contributed by atoms with Crippen LogP contribution in [0.3, 0.4) is 0 Å². The Morgan fingerprint density at radius 3 is 2.16 bits per heavy atom. The minimum atomic E-state index is 0.359. The average Bonchev–Trinajstić information content (AvgIpc) is 2.58. The highest BCUT2D eigenvalue weighted by molar-refractivity contribution is 5.79. The van der Waals surface area contributed by atoms with Crippen LogP contribution in [0.1, 0.15) is 51.4 Å². The Hall–Kier alpha value is -0.610. The smallest absolute Gasteiger partial charge is 0.223 e. The molecular formula is C21H37N3O. The number of hydrogen-bond donors (Lipinski definition) is 1. The van der Waals surface area contributed by atoms with Gasteiger partial charge in [-0.1, -0.05) is 6.42 Å². The minimum absolute atomic E-state index is 0.359. The van der Waals surface area contributed by atoms with Crippen molar-refractivity contribution in [2.75, 3.05) is 46.3 Å². The van der Waals surface area contributed by atoms with Gasteiger partial charge in [0.25, 0.3) is 0 Å². The maximum absolute atomic E-state index is 12.7. The molecule has 4 saturated carbocycles. The molecule has 0 aromatic carbocycles. The standard InChI is InChI=1S/C21H37N3O/c1-23-7-9-24(10-8-23)6-4-2-3-5-22-21(25)20-18-12-16-11-17(14-18)15-19(20)13-16/h16-20H,2-15H2,1H3,(H,22,25). The van der Waals surface area contributed by atoms with Crippen LogP contribution in [-0.2, 0) is 4.79 Å². The van der Waals surface area contributed by atoms with Gasteiger partial charge in [0.05, 0.1) is 0 Å². The lowest BCUT2D eigenvalue weighted by Crippen LogP contribution is -2.51. The number of hydrogen-bond acceptors (Lipinski definition) is 3. The zero-order valence-corrected chi connectivity index (χ0v) is 16.1. The van der Waals surface area contributed by atoms with Gasteiger partial charge < -0.3 is 15.1 Å². The summed E-state index contributed by atoms with van der Waals surface area (Å²) in [7, 11) is 2.21. The zero-order chi connectivity index (χ0) is 17.2. The first-order valence-electron chi connectivity index (χ1n) is 10.9. The second-order valence-electron chi connectivity index (χ2n) is 9.45. The van der Waals surface area contributed by atoms with Crippen molar-refractivity contribution in [2.45, 2.75) is 51.4 Å². The molecule has 1 N–H and O–H groups in total. The lowest BCUT2D eigenvalue weighted by Gasteiger charge is -2.53. The first-order chi connectivity index (χ1) is 12.2. The molecule has 4 bridgehead atoms. The molecule has 0 unspecified atom stereocenters. The fourth-order valence-electron chi connectivity index (χ4n) is 6.39. The van der Waals surface area contributed by atoms with Crippen molar-refractivity contribution in [1.82, 2.24) is 15.1 Å². The maximum atomic E-state index is 12.7. The van der Waals surface area contributed by atoms with Crippen molar-refractivity contribution < 1.29 is 4.79 Å². The number of nitrogens with one attached hydrogen (secondary N) is 1. The van der Waals surface area contributed by atoms with Gasteiger partial charge in [0, 0.05) is 38.6 Å². The van der Waals surface area contributed by atoms with Crippen LogP contribution in [0.4, 0.5) is 0 Å². The molecule has 5 rings (SSSR count). The molecule has 0 aromatic rings. The summed E-state index contributed by atoms with van der Waals surface area (Å²) in [6.45, 7) is 6.99. The van der Waals surface area contributed by atoms with Crippen molar-refractivity contribution >= 4 is 5.91 Å². The average molecular weight is 348 g/mol. The van der Waals surface area contributed by atoms with E-state index in [0.717, 1.165) is 24.8 Å². The fourth-order valence-corrected chi connectivity index (χ4v) is 6.39. The van der Waals surface area contributed by atoms with Gasteiger partial charge in [-0.3, -0.25) is 4.79 Å². The Morgan fingerprint density at radius 1 is 0.880 bits per heavy atom. The largest absolute Gasteiger partial charge is 0.356 e. The topological polar surface area (TPSA) is 35.6 Å². The Kier molecular flexibility index (Phi) is 5.66. The number of likely N-dealkylation sites (N-methyl/N-ethyl adjacent to an activating group) is 1. The summed E-state index contributed by atoms with van der Waals surface area (Å²) in [5, 5.41) is 3.30. The fraction of sp³-hybridized carbons (Fsp3) is 0.952. The summed E-state index contributed by atoms with van der Waals surface area (Å²) in [5.74, 6) is 4.11. The summed E-state index contributed by atoms with van der Waals surface area (Å²) in [5.41, 5.74) is 0. The first kappa shape index (κ1) is 17.8. The molecule has 0 atom stereocenters. The lowest BCUT2D eigenvalue weighted by atomic mass is 9.51. The van der Waals surface area contributed by atoms with Gasteiger partial charge in [-0.2, -0.15) is 0 Å². The SMILES string of the molecule is CN1CCN(CCCCCNC(=O)C2C3CC4CC(C3)CC2C4)CC1. The zero-order valence-electron chi connectivity index (χ0n) is 16.1. The lowest BCUT2D eigenvalue weighted by molar-refractivity contribution is -0.138.